The molecule has 0 spiro atoms. The van der Waals surface area contributed by atoms with Crippen molar-refractivity contribution in [3.05, 3.63) is 53.2 Å². The third-order valence-electron chi connectivity index (χ3n) is 11.2. The van der Waals surface area contributed by atoms with Crippen LogP contribution in [0.25, 0.3) is 10.9 Å². The number of nitrogens with zero attached hydrogens (tertiary/aromatic N) is 6. The predicted octanol–water partition coefficient (Wildman–Crippen LogP) is 3.72. The number of rotatable bonds is 7. The van der Waals surface area contributed by atoms with Gasteiger partial charge in [0.15, 0.2) is 6.10 Å². The smallest absolute Gasteiger partial charge is 0.410 e. The molecule has 4 aliphatic heterocycles. The number of urea groups is 1. The van der Waals surface area contributed by atoms with Crippen LogP contribution in [0.15, 0.2) is 36.5 Å². The van der Waals surface area contributed by atoms with E-state index in [2.05, 4.69) is 32.4 Å². The van der Waals surface area contributed by atoms with Gasteiger partial charge in [0.1, 0.15) is 5.75 Å². The lowest BCUT2D eigenvalue weighted by Crippen LogP contribution is -2.54. The number of nitrogens with one attached hydrogen (secondary N) is 2. The lowest BCUT2D eigenvalue weighted by atomic mass is 9.99. The lowest BCUT2D eigenvalue weighted by Gasteiger charge is -2.42. The van der Waals surface area contributed by atoms with E-state index < -0.39 is 12.2 Å². The summed E-state index contributed by atoms with van der Waals surface area (Å²) in [6, 6.07) is 10.1. The summed E-state index contributed by atoms with van der Waals surface area (Å²) in [6.45, 7) is 9.09. The number of anilines is 1. The van der Waals surface area contributed by atoms with E-state index in [0.717, 1.165) is 78.1 Å². The van der Waals surface area contributed by atoms with Gasteiger partial charge in [0.2, 0.25) is 0 Å². The van der Waals surface area contributed by atoms with E-state index in [9.17, 15) is 14.4 Å². The number of likely N-dealkylation sites (tertiary alicyclic amines) is 2. The maximum Gasteiger partial charge on any atom is 0.410 e. The van der Waals surface area contributed by atoms with E-state index in [-0.39, 0.29) is 18.0 Å². The number of hydrogen-bond donors (Lipinski definition) is 2. The summed E-state index contributed by atoms with van der Waals surface area (Å²) in [5, 5.41) is 11.2. The number of carbonyl (C=O) groups excluding carboxylic acids is 3. The minimum absolute atomic E-state index is 0.000974. The number of piperidine rings is 2. The van der Waals surface area contributed by atoms with Crippen molar-refractivity contribution in [2.75, 3.05) is 78.4 Å². The molecule has 0 bridgehead atoms. The molecule has 2 N–H and O–H groups in total. The maximum atomic E-state index is 14.1. The van der Waals surface area contributed by atoms with Crippen LogP contribution in [0.5, 0.6) is 5.75 Å². The van der Waals surface area contributed by atoms with Crippen molar-refractivity contribution in [3.63, 3.8) is 0 Å². The molecule has 2 aromatic carbocycles. The highest BCUT2D eigenvalue weighted by Gasteiger charge is 2.36. The van der Waals surface area contributed by atoms with Crippen molar-refractivity contribution in [1.29, 1.82) is 0 Å². The second-order valence-electron chi connectivity index (χ2n) is 14.3. The Kier molecular flexibility index (Phi) is 10.1. The second-order valence-corrected chi connectivity index (χ2v) is 14.3. The molecule has 1 aromatic heterocycles. The van der Waals surface area contributed by atoms with Gasteiger partial charge < -0.3 is 34.4 Å². The van der Waals surface area contributed by atoms with Gasteiger partial charge in [-0.1, -0.05) is 6.07 Å². The normalized spacial score (nSPS) is 20.7. The number of methoxy groups -OCH3 is 1. The summed E-state index contributed by atoms with van der Waals surface area (Å²) in [5.41, 5.74) is 4.77. The van der Waals surface area contributed by atoms with Crippen LogP contribution in [0, 0.1) is 6.92 Å². The highest BCUT2D eigenvalue weighted by molar-refractivity contribution is 5.91. The van der Waals surface area contributed by atoms with Crippen LogP contribution in [0.2, 0.25) is 0 Å². The third kappa shape index (κ3) is 7.39. The van der Waals surface area contributed by atoms with E-state index in [1.807, 2.05) is 47.1 Å². The van der Waals surface area contributed by atoms with Gasteiger partial charge in [0.25, 0.3) is 5.91 Å². The van der Waals surface area contributed by atoms with E-state index >= 15 is 0 Å². The topological polar surface area (TPSA) is 127 Å². The van der Waals surface area contributed by atoms with Crippen LogP contribution in [0.1, 0.15) is 42.4 Å². The molecular formula is C37H50N8O5. The van der Waals surface area contributed by atoms with Crippen LogP contribution in [0.4, 0.5) is 15.3 Å². The first-order valence-electron chi connectivity index (χ1n) is 18.1. The summed E-state index contributed by atoms with van der Waals surface area (Å²) in [7, 11) is 3.80. The highest BCUT2D eigenvalue weighted by atomic mass is 16.6. The molecule has 1 unspecified atom stereocenters. The molecule has 5 heterocycles. The number of aryl methyl sites for hydroxylation is 1. The van der Waals surface area contributed by atoms with Crippen molar-refractivity contribution in [2.45, 2.75) is 63.6 Å². The molecule has 50 heavy (non-hydrogen) atoms. The van der Waals surface area contributed by atoms with Gasteiger partial charge in [0, 0.05) is 88.5 Å². The largest absolute Gasteiger partial charge is 0.497 e. The fraction of sp³-hybridized carbons (Fsp3) is 0.568. The zero-order valence-corrected chi connectivity index (χ0v) is 29.5. The molecule has 7 rings (SSSR count). The highest BCUT2D eigenvalue weighted by Crippen LogP contribution is 2.29. The first kappa shape index (κ1) is 34.1. The van der Waals surface area contributed by atoms with Crippen molar-refractivity contribution in [2.24, 2.45) is 0 Å². The SMILES string of the molecule is COc1ccc2c(c1)CCN(C1CCN(C(=O)OC(Cc3cc(C)c4[nH]ncc4c3)C(=O)N3CCC(N4CCN(C)CC4)CC3)CC1)C(=O)N2. The van der Waals surface area contributed by atoms with Crippen molar-refractivity contribution in [1.82, 2.24) is 34.7 Å². The van der Waals surface area contributed by atoms with E-state index in [4.69, 9.17) is 9.47 Å². The molecule has 268 valence electrons. The molecule has 0 radical (unpaired) electrons. The average molecular weight is 687 g/mol. The van der Waals surface area contributed by atoms with Gasteiger partial charge in [-0.25, -0.2) is 9.59 Å². The van der Waals surface area contributed by atoms with Gasteiger partial charge in [-0.05, 0) is 87.0 Å². The molecule has 1 atom stereocenters. The molecule has 13 heteroatoms. The predicted molar refractivity (Wildman–Crippen MR) is 190 cm³/mol. The van der Waals surface area contributed by atoms with E-state index in [1.54, 1.807) is 18.2 Å². The zero-order chi connectivity index (χ0) is 34.8. The molecule has 0 aliphatic carbocycles. The van der Waals surface area contributed by atoms with Gasteiger partial charge in [-0.2, -0.15) is 5.10 Å². The Balaban J connectivity index is 0.991. The van der Waals surface area contributed by atoms with E-state index in [1.165, 1.54) is 0 Å². The zero-order valence-electron chi connectivity index (χ0n) is 29.5. The first-order valence-corrected chi connectivity index (χ1v) is 18.1. The quantitative estimate of drug-likeness (QED) is 0.386. The Morgan fingerprint density at radius 1 is 0.920 bits per heavy atom. The molecule has 3 aromatic rings. The van der Waals surface area contributed by atoms with Gasteiger partial charge in [0.05, 0.1) is 18.8 Å². The Morgan fingerprint density at radius 2 is 1.64 bits per heavy atom. The number of H-pyrrole nitrogens is 1. The fourth-order valence-corrected chi connectivity index (χ4v) is 8.13. The van der Waals surface area contributed by atoms with Crippen molar-refractivity contribution in [3.8, 4) is 5.75 Å². The Hall–Kier alpha value is -4.36. The monoisotopic (exact) mass is 686 g/mol. The van der Waals surface area contributed by atoms with E-state index in [0.29, 0.717) is 64.4 Å². The van der Waals surface area contributed by atoms with Gasteiger partial charge >= 0.3 is 12.1 Å². The fourth-order valence-electron chi connectivity index (χ4n) is 8.13. The number of ether oxygens (including phenoxy) is 2. The molecule has 4 aliphatic rings. The van der Waals surface area contributed by atoms with Crippen LogP contribution in [-0.4, -0.2) is 144 Å². The molecule has 13 nitrogen and oxygen atoms in total. The standard InChI is InChI=1S/C37H50N8O5/c1-25-20-26(21-28-24-38-40-34(25)28)22-33(35(46)43-11-7-29(8-12-43)42-18-16-41(2)17-19-42)50-37(48)44-13-9-30(10-14-44)45-15-6-27-23-31(49-3)4-5-32(27)39-36(45)47/h4-5,20-21,23-24,29-30,33H,6-19,22H2,1-3H3,(H,38,40)(H,39,47). The summed E-state index contributed by atoms with van der Waals surface area (Å²) in [5.74, 6) is 0.634. The van der Waals surface area contributed by atoms with Gasteiger partial charge in [-0.3, -0.25) is 14.8 Å². The number of hydrogen-bond acceptors (Lipinski definition) is 8. The summed E-state index contributed by atoms with van der Waals surface area (Å²) < 4.78 is 11.5. The number of fused-ring (bicyclic) bond motifs is 2. The number of benzene rings is 2. The minimum atomic E-state index is -0.934. The number of carbonyl (C=O) groups is 3. The summed E-state index contributed by atoms with van der Waals surface area (Å²) in [4.78, 5) is 51.5. The Morgan fingerprint density at radius 3 is 2.38 bits per heavy atom. The van der Waals surface area contributed by atoms with Crippen LogP contribution in [-0.2, 0) is 22.4 Å². The Bertz CT molecular complexity index is 1690. The average Bonchev–Trinajstić information content (AvgIpc) is 3.55. The second kappa shape index (κ2) is 14.9. The maximum absolute atomic E-state index is 14.1. The number of likely N-dealkylation sites (N-methyl/N-ethyl adjacent to an activating group) is 1. The van der Waals surface area contributed by atoms with Crippen LogP contribution >= 0.6 is 0 Å². The van der Waals surface area contributed by atoms with Crippen molar-refractivity contribution >= 4 is 34.6 Å². The minimum Gasteiger partial charge on any atom is -0.497 e. The van der Waals surface area contributed by atoms with Gasteiger partial charge in [-0.15, -0.1) is 0 Å². The first-order chi connectivity index (χ1) is 24.2. The van der Waals surface area contributed by atoms with Crippen molar-refractivity contribution < 1.29 is 23.9 Å². The van der Waals surface area contributed by atoms with Crippen LogP contribution < -0.4 is 10.1 Å². The number of aromatic amines is 1. The lowest BCUT2D eigenvalue weighted by molar-refractivity contribution is -0.142. The molecule has 4 amide bonds. The third-order valence-corrected chi connectivity index (χ3v) is 11.2. The molecule has 3 saturated heterocycles. The molecular weight excluding hydrogens is 636 g/mol. The Labute approximate surface area is 293 Å². The summed E-state index contributed by atoms with van der Waals surface area (Å²) in [6.07, 6.45) is 4.50. The van der Waals surface area contributed by atoms with Crippen LogP contribution in [0.3, 0.4) is 0 Å². The number of piperazine rings is 1. The number of amides is 4. The number of aromatic nitrogens is 2. The summed E-state index contributed by atoms with van der Waals surface area (Å²) >= 11 is 0. The molecule has 3 fully saturated rings. The molecule has 0 saturated carbocycles.